The van der Waals surface area contributed by atoms with Crippen LogP contribution in [0.4, 0.5) is 0 Å². The molecule has 0 radical (unpaired) electrons. The predicted molar refractivity (Wildman–Crippen MR) is 88.6 cm³/mol. The molecule has 0 aromatic heterocycles. The normalized spacial score (nSPS) is 18.5. The molecule has 2 nitrogen and oxygen atoms in total. The molecule has 1 aliphatic heterocycles. The number of hydrogen-bond donors (Lipinski definition) is 1. The zero-order valence-corrected chi connectivity index (χ0v) is 14.6. The summed E-state index contributed by atoms with van der Waals surface area (Å²) in [5.41, 5.74) is 1.43. The van der Waals surface area contributed by atoms with Crippen LogP contribution in [0.2, 0.25) is 0 Å². The summed E-state index contributed by atoms with van der Waals surface area (Å²) in [6, 6.07) is 7.20. The fourth-order valence-corrected chi connectivity index (χ4v) is 4.05. The second kappa shape index (κ2) is 7.77. The Morgan fingerprint density at radius 3 is 2.37 bits per heavy atom. The second-order valence-electron chi connectivity index (χ2n) is 5.15. The lowest BCUT2D eigenvalue weighted by Gasteiger charge is -2.35. The van der Waals surface area contributed by atoms with Gasteiger partial charge in [-0.15, -0.1) is 0 Å². The Kier molecular flexibility index (Phi) is 6.33. The van der Waals surface area contributed by atoms with Gasteiger partial charge in [0.1, 0.15) is 0 Å². The zero-order chi connectivity index (χ0) is 13.7. The molecule has 1 aromatic rings. The average Bonchev–Trinajstić information content (AvgIpc) is 2.39. The van der Waals surface area contributed by atoms with Gasteiger partial charge in [-0.3, -0.25) is 4.90 Å². The lowest BCUT2D eigenvalue weighted by molar-refractivity contribution is 0.163. The first-order chi connectivity index (χ1) is 9.20. The number of piperazine rings is 1. The van der Waals surface area contributed by atoms with Crippen molar-refractivity contribution in [1.29, 1.82) is 0 Å². The largest absolute Gasteiger partial charge is 0.314 e. The van der Waals surface area contributed by atoms with E-state index in [1.165, 1.54) is 24.8 Å². The van der Waals surface area contributed by atoms with Crippen molar-refractivity contribution in [2.75, 3.05) is 26.2 Å². The number of nitrogens with zero attached hydrogens (tertiary/aromatic N) is 1. The van der Waals surface area contributed by atoms with E-state index < -0.39 is 0 Å². The molecular formula is C15H22Br2N2. The van der Waals surface area contributed by atoms with Gasteiger partial charge in [0.15, 0.2) is 0 Å². The number of rotatable bonds is 5. The Morgan fingerprint density at radius 1 is 1.16 bits per heavy atom. The maximum Gasteiger partial charge on any atom is 0.0350 e. The molecule has 0 amide bonds. The summed E-state index contributed by atoms with van der Waals surface area (Å²) in [6.45, 7) is 6.79. The van der Waals surface area contributed by atoms with Gasteiger partial charge in [0.05, 0.1) is 0 Å². The van der Waals surface area contributed by atoms with Gasteiger partial charge in [-0.25, -0.2) is 0 Å². The van der Waals surface area contributed by atoms with Crippen molar-refractivity contribution in [3.63, 3.8) is 0 Å². The first-order valence-electron chi connectivity index (χ1n) is 7.11. The first kappa shape index (κ1) is 15.5. The van der Waals surface area contributed by atoms with Gasteiger partial charge in [-0.05, 0) is 30.2 Å². The standard InChI is InChI=1S/C15H22Br2N2/c1-2-3-4-15(19-7-5-18-6-8-19)12-9-13(16)11-14(17)10-12/h9-11,15,18H,2-8H2,1H3/t15-/m0/s1. The third-order valence-electron chi connectivity index (χ3n) is 3.69. The number of halogens is 2. The van der Waals surface area contributed by atoms with E-state index in [-0.39, 0.29) is 0 Å². The van der Waals surface area contributed by atoms with E-state index in [0.717, 1.165) is 35.1 Å². The van der Waals surface area contributed by atoms with Crippen molar-refractivity contribution in [2.45, 2.75) is 32.2 Å². The van der Waals surface area contributed by atoms with Crippen molar-refractivity contribution < 1.29 is 0 Å². The Hall–Kier alpha value is 0.1000. The van der Waals surface area contributed by atoms with Crippen LogP contribution in [0.1, 0.15) is 37.8 Å². The molecule has 1 saturated heterocycles. The molecule has 19 heavy (non-hydrogen) atoms. The summed E-state index contributed by atoms with van der Waals surface area (Å²) >= 11 is 7.23. The quantitative estimate of drug-likeness (QED) is 0.805. The summed E-state index contributed by atoms with van der Waals surface area (Å²) in [4.78, 5) is 2.63. The van der Waals surface area contributed by atoms with Crippen LogP contribution in [0.25, 0.3) is 0 Å². The molecular weight excluding hydrogens is 368 g/mol. The van der Waals surface area contributed by atoms with E-state index in [0.29, 0.717) is 6.04 Å². The first-order valence-corrected chi connectivity index (χ1v) is 8.70. The topological polar surface area (TPSA) is 15.3 Å². The number of nitrogens with one attached hydrogen (secondary N) is 1. The van der Waals surface area contributed by atoms with E-state index in [4.69, 9.17) is 0 Å². The highest BCUT2D eigenvalue weighted by Gasteiger charge is 2.22. The minimum atomic E-state index is 0.552. The van der Waals surface area contributed by atoms with E-state index >= 15 is 0 Å². The van der Waals surface area contributed by atoms with E-state index in [1.54, 1.807) is 0 Å². The fourth-order valence-electron chi connectivity index (χ4n) is 2.72. The third-order valence-corrected chi connectivity index (χ3v) is 4.61. The molecule has 0 bridgehead atoms. The molecule has 106 valence electrons. The van der Waals surface area contributed by atoms with Crippen LogP contribution in [0.15, 0.2) is 27.1 Å². The summed E-state index contributed by atoms with van der Waals surface area (Å²) < 4.78 is 2.32. The maximum atomic E-state index is 3.61. The highest BCUT2D eigenvalue weighted by atomic mass is 79.9. The minimum absolute atomic E-state index is 0.552. The fraction of sp³-hybridized carbons (Fsp3) is 0.600. The van der Waals surface area contributed by atoms with Crippen LogP contribution in [0, 0.1) is 0 Å². The van der Waals surface area contributed by atoms with Gasteiger partial charge in [-0.2, -0.15) is 0 Å². The van der Waals surface area contributed by atoms with Gasteiger partial charge < -0.3 is 5.32 Å². The maximum absolute atomic E-state index is 3.61. The number of benzene rings is 1. The SMILES string of the molecule is CCCC[C@@H](c1cc(Br)cc(Br)c1)N1CCNCC1. The summed E-state index contributed by atoms with van der Waals surface area (Å²) in [6.07, 6.45) is 3.80. The highest BCUT2D eigenvalue weighted by molar-refractivity contribution is 9.11. The van der Waals surface area contributed by atoms with Crippen molar-refractivity contribution in [3.05, 3.63) is 32.7 Å². The molecule has 2 rings (SSSR count). The molecule has 1 aliphatic rings. The van der Waals surface area contributed by atoms with Crippen molar-refractivity contribution >= 4 is 31.9 Å². The molecule has 1 fully saturated rings. The molecule has 1 heterocycles. The zero-order valence-electron chi connectivity index (χ0n) is 11.5. The Balaban J connectivity index is 2.19. The molecule has 4 heteroatoms. The van der Waals surface area contributed by atoms with Crippen LogP contribution >= 0.6 is 31.9 Å². The molecule has 0 spiro atoms. The van der Waals surface area contributed by atoms with Crippen LogP contribution < -0.4 is 5.32 Å². The second-order valence-corrected chi connectivity index (χ2v) is 6.98. The molecule has 1 atom stereocenters. The van der Waals surface area contributed by atoms with Crippen molar-refractivity contribution in [3.8, 4) is 0 Å². The van der Waals surface area contributed by atoms with E-state index in [1.807, 2.05) is 0 Å². The van der Waals surface area contributed by atoms with E-state index in [9.17, 15) is 0 Å². The minimum Gasteiger partial charge on any atom is -0.314 e. The monoisotopic (exact) mass is 388 g/mol. The number of unbranched alkanes of at least 4 members (excludes halogenated alkanes) is 1. The van der Waals surface area contributed by atoms with E-state index in [2.05, 4.69) is 67.2 Å². The van der Waals surface area contributed by atoms with Gasteiger partial charge in [-0.1, -0.05) is 51.6 Å². The highest BCUT2D eigenvalue weighted by Crippen LogP contribution is 2.31. The molecule has 1 aromatic carbocycles. The Morgan fingerprint density at radius 2 is 1.79 bits per heavy atom. The lowest BCUT2D eigenvalue weighted by Crippen LogP contribution is -2.45. The Bertz CT molecular complexity index is 383. The van der Waals surface area contributed by atoms with Crippen LogP contribution in [-0.2, 0) is 0 Å². The van der Waals surface area contributed by atoms with Gasteiger partial charge in [0, 0.05) is 41.2 Å². The third kappa shape index (κ3) is 4.55. The van der Waals surface area contributed by atoms with Gasteiger partial charge in [0.25, 0.3) is 0 Å². The molecule has 1 N–H and O–H groups in total. The Labute approximate surface area is 133 Å². The smallest absolute Gasteiger partial charge is 0.0350 e. The van der Waals surface area contributed by atoms with Gasteiger partial charge in [0.2, 0.25) is 0 Å². The average molecular weight is 390 g/mol. The van der Waals surface area contributed by atoms with Crippen LogP contribution in [-0.4, -0.2) is 31.1 Å². The van der Waals surface area contributed by atoms with Gasteiger partial charge >= 0.3 is 0 Å². The summed E-state index contributed by atoms with van der Waals surface area (Å²) in [7, 11) is 0. The molecule has 0 saturated carbocycles. The van der Waals surface area contributed by atoms with Crippen molar-refractivity contribution in [1.82, 2.24) is 10.2 Å². The van der Waals surface area contributed by atoms with Crippen LogP contribution in [0.3, 0.4) is 0 Å². The summed E-state index contributed by atoms with van der Waals surface area (Å²) in [5.74, 6) is 0. The number of hydrogen-bond acceptors (Lipinski definition) is 2. The molecule has 0 unspecified atom stereocenters. The van der Waals surface area contributed by atoms with Crippen molar-refractivity contribution in [2.24, 2.45) is 0 Å². The molecule has 0 aliphatic carbocycles. The van der Waals surface area contributed by atoms with Crippen LogP contribution in [0.5, 0.6) is 0 Å². The lowest BCUT2D eigenvalue weighted by atomic mass is 9.99. The predicted octanol–water partition coefficient (Wildman–Crippen LogP) is 4.35. The summed E-state index contributed by atoms with van der Waals surface area (Å²) in [5, 5.41) is 3.44.